The van der Waals surface area contributed by atoms with Crippen molar-refractivity contribution in [2.75, 3.05) is 24.6 Å². The molecule has 0 spiro atoms. The third-order valence-corrected chi connectivity index (χ3v) is 4.00. The van der Waals surface area contributed by atoms with Gasteiger partial charge in [-0.25, -0.2) is 0 Å². The first kappa shape index (κ1) is 16.4. The molecule has 1 fully saturated rings. The number of hydrogen-bond acceptors (Lipinski definition) is 2. The quantitative estimate of drug-likeness (QED) is 0.743. The summed E-state index contributed by atoms with van der Waals surface area (Å²) in [5.74, 6) is 0.0707. The number of halogens is 4. The minimum absolute atomic E-state index is 0.0127. The number of rotatable bonds is 5. The van der Waals surface area contributed by atoms with Gasteiger partial charge in [-0.1, -0.05) is 6.07 Å². The third kappa shape index (κ3) is 4.04. The molecule has 0 amide bonds. The van der Waals surface area contributed by atoms with Gasteiger partial charge >= 0.3 is 6.18 Å². The summed E-state index contributed by atoms with van der Waals surface area (Å²) in [6.45, 7) is 3.53. The zero-order chi connectivity index (χ0) is 15.5. The summed E-state index contributed by atoms with van der Waals surface area (Å²) in [6.07, 6.45) is -2.50. The van der Waals surface area contributed by atoms with E-state index in [2.05, 4.69) is 0 Å². The first-order valence-corrected chi connectivity index (χ1v) is 7.61. The highest BCUT2D eigenvalue weighted by atomic mass is 35.5. The molecule has 1 saturated heterocycles. The van der Waals surface area contributed by atoms with Gasteiger partial charge in [-0.2, -0.15) is 13.2 Å². The highest BCUT2D eigenvalue weighted by Gasteiger charge is 2.35. The monoisotopic (exact) mass is 321 g/mol. The van der Waals surface area contributed by atoms with Gasteiger partial charge in [0.2, 0.25) is 0 Å². The summed E-state index contributed by atoms with van der Waals surface area (Å²) in [5, 5.41) is 0. The number of likely N-dealkylation sites (N-methyl/N-ethyl adjacent to an activating group) is 1. The van der Waals surface area contributed by atoms with Gasteiger partial charge in [0.1, 0.15) is 0 Å². The van der Waals surface area contributed by atoms with E-state index in [1.165, 1.54) is 6.07 Å². The summed E-state index contributed by atoms with van der Waals surface area (Å²) in [7, 11) is 0. The first-order chi connectivity index (χ1) is 9.95. The predicted molar refractivity (Wildman–Crippen MR) is 77.9 cm³/mol. The van der Waals surface area contributed by atoms with Crippen LogP contribution in [0.3, 0.4) is 0 Å². The molecule has 0 bridgehead atoms. The number of ether oxygens (including phenoxy) is 1. The molecular formula is C15H19ClF3NO. The Balaban J connectivity index is 2.30. The lowest BCUT2D eigenvalue weighted by molar-refractivity contribution is -0.137. The van der Waals surface area contributed by atoms with Crippen molar-refractivity contribution < 1.29 is 17.9 Å². The molecule has 1 atom stereocenters. The Bertz CT molecular complexity index is 472. The minimum atomic E-state index is -4.39. The highest BCUT2D eigenvalue weighted by Crippen LogP contribution is 2.38. The molecule has 2 rings (SSSR count). The van der Waals surface area contributed by atoms with E-state index in [4.69, 9.17) is 16.3 Å². The zero-order valence-corrected chi connectivity index (χ0v) is 12.7. The maximum absolute atomic E-state index is 13.3. The topological polar surface area (TPSA) is 12.5 Å². The lowest BCUT2D eigenvalue weighted by atomic mass is 10.1. The molecule has 0 radical (unpaired) electrons. The predicted octanol–water partition coefficient (Wildman–Crippen LogP) is 4.45. The Morgan fingerprint density at radius 2 is 2.14 bits per heavy atom. The van der Waals surface area contributed by atoms with Gasteiger partial charge in [0.05, 0.1) is 11.7 Å². The van der Waals surface area contributed by atoms with Gasteiger partial charge in [0, 0.05) is 31.3 Å². The molecule has 1 aliphatic heterocycles. The van der Waals surface area contributed by atoms with Crippen LogP contribution < -0.4 is 4.90 Å². The molecular weight excluding hydrogens is 303 g/mol. The van der Waals surface area contributed by atoms with Gasteiger partial charge in [0.25, 0.3) is 0 Å². The molecule has 1 aromatic rings. The number of alkyl halides is 4. The van der Waals surface area contributed by atoms with Crippen molar-refractivity contribution in [2.45, 2.75) is 37.9 Å². The Hall–Kier alpha value is -0.940. The molecule has 1 unspecified atom stereocenters. The highest BCUT2D eigenvalue weighted by molar-refractivity contribution is 6.17. The van der Waals surface area contributed by atoms with Crippen LogP contribution in [-0.4, -0.2) is 25.8 Å². The lowest BCUT2D eigenvalue weighted by Crippen LogP contribution is -2.33. The molecule has 0 aliphatic carbocycles. The van der Waals surface area contributed by atoms with Crippen molar-refractivity contribution in [2.24, 2.45) is 0 Å². The molecule has 21 heavy (non-hydrogen) atoms. The zero-order valence-electron chi connectivity index (χ0n) is 11.9. The SMILES string of the molecule is CCN(CC1CCCO1)c1ccc(CCl)cc1C(F)(F)F. The normalized spacial score (nSPS) is 19.0. The van der Waals surface area contributed by atoms with Crippen molar-refractivity contribution in [3.63, 3.8) is 0 Å². The van der Waals surface area contributed by atoms with E-state index in [1.54, 1.807) is 11.0 Å². The molecule has 118 valence electrons. The molecule has 1 aromatic carbocycles. The van der Waals surface area contributed by atoms with Crippen molar-refractivity contribution in [3.8, 4) is 0 Å². The molecule has 2 nitrogen and oxygen atoms in total. The van der Waals surface area contributed by atoms with Gasteiger partial charge in [0.15, 0.2) is 0 Å². The molecule has 0 aromatic heterocycles. The summed E-state index contributed by atoms with van der Waals surface area (Å²) in [6, 6.07) is 4.30. The van der Waals surface area contributed by atoms with Crippen LogP contribution in [0.2, 0.25) is 0 Å². The van der Waals surface area contributed by atoms with E-state index in [0.29, 0.717) is 25.3 Å². The van der Waals surface area contributed by atoms with Crippen LogP contribution in [0.25, 0.3) is 0 Å². The number of hydrogen-bond donors (Lipinski definition) is 0. The van der Waals surface area contributed by atoms with Crippen molar-refractivity contribution in [1.29, 1.82) is 0 Å². The van der Waals surface area contributed by atoms with Crippen LogP contribution in [0.5, 0.6) is 0 Å². The van der Waals surface area contributed by atoms with Crippen LogP contribution >= 0.6 is 11.6 Å². The lowest BCUT2D eigenvalue weighted by Gasteiger charge is -2.29. The largest absolute Gasteiger partial charge is 0.418 e. The Morgan fingerprint density at radius 1 is 1.38 bits per heavy atom. The van der Waals surface area contributed by atoms with E-state index in [-0.39, 0.29) is 17.7 Å². The molecule has 0 saturated carbocycles. The van der Waals surface area contributed by atoms with Crippen LogP contribution in [0.1, 0.15) is 30.9 Å². The average Bonchev–Trinajstić information content (AvgIpc) is 2.96. The third-order valence-electron chi connectivity index (χ3n) is 3.69. The van der Waals surface area contributed by atoms with E-state index in [1.807, 2.05) is 6.92 Å². The van der Waals surface area contributed by atoms with Crippen molar-refractivity contribution >= 4 is 17.3 Å². The Labute approximate surface area is 127 Å². The molecule has 6 heteroatoms. The van der Waals surface area contributed by atoms with E-state index < -0.39 is 11.7 Å². The summed E-state index contributed by atoms with van der Waals surface area (Å²) in [4.78, 5) is 1.73. The first-order valence-electron chi connectivity index (χ1n) is 7.08. The standard InChI is InChI=1S/C15H19ClF3NO/c1-2-20(10-12-4-3-7-21-12)14-6-5-11(9-16)8-13(14)15(17,18)19/h5-6,8,12H,2-4,7,9-10H2,1H3. The fraction of sp³-hybridized carbons (Fsp3) is 0.600. The number of anilines is 1. The molecule has 0 N–H and O–H groups in total. The maximum atomic E-state index is 13.3. The smallest absolute Gasteiger partial charge is 0.376 e. The Kier molecular flexibility index (Phi) is 5.38. The van der Waals surface area contributed by atoms with Crippen molar-refractivity contribution in [1.82, 2.24) is 0 Å². The number of nitrogens with zero attached hydrogens (tertiary/aromatic N) is 1. The second-order valence-electron chi connectivity index (χ2n) is 5.16. The van der Waals surface area contributed by atoms with Gasteiger partial charge < -0.3 is 9.64 Å². The van der Waals surface area contributed by atoms with E-state index in [9.17, 15) is 13.2 Å². The summed E-state index contributed by atoms with van der Waals surface area (Å²) in [5.41, 5.74) is 0.0516. The summed E-state index contributed by atoms with van der Waals surface area (Å²) < 4.78 is 45.4. The molecule has 1 heterocycles. The fourth-order valence-corrected chi connectivity index (χ4v) is 2.77. The average molecular weight is 322 g/mol. The summed E-state index contributed by atoms with van der Waals surface area (Å²) >= 11 is 5.65. The van der Waals surface area contributed by atoms with Gasteiger partial charge in [-0.05, 0) is 37.5 Å². The maximum Gasteiger partial charge on any atom is 0.418 e. The van der Waals surface area contributed by atoms with Gasteiger partial charge in [-0.15, -0.1) is 11.6 Å². The van der Waals surface area contributed by atoms with Crippen molar-refractivity contribution in [3.05, 3.63) is 29.3 Å². The fourth-order valence-electron chi connectivity index (χ4n) is 2.60. The van der Waals surface area contributed by atoms with E-state index >= 15 is 0 Å². The van der Waals surface area contributed by atoms with Gasteiger partial charge in [-0.3, -0.25) is 0 Å². The number of benzene rings is 1. The van der Waals surface area contributed by atoms with Crippen LogP contribution in [0.15, 0.2) is 18.2 Å². The van der Waals surface area contributed by atoms with E-state index in [0.717, 1.165) is 18.9 Å². The second-order valence-corrected chi connectivity index (χ2v) is 5.42. The van der Waals surface area contributed by atoms with Crippen LogP contribution in [0.4, 0.5) is 18.9 Å². The minimum Gasteiger partial charge on any atom is -0.376 e. The Morgan fingerprint density at radius 3 is 2.67 bits per heavy atom. The molecule has 1 aliphatic rings. The van der Waals surface area contributed by atoms with Crippen LogP contribution in [-0.2, 0) is 16.8 Å². The second kappa shape index (κ2) is 6.88. The van der Waals surface area contributed by atoms with Crippen LogP contribution in [0, 0.1) is 0 Å².